The van der Waals surface area contributed by atoms with Gasteiger partial charge in [-0.05, 0) is 62.4 Å². The quantitative estimate of drug-likeness (QED) is 0.357. The molecule has 0 atom stereocenters. The van der Waals surface area contributed by atoms with Gasteiger partial charge < -0.3 is 14.8 Å². The summed E-state index contributed by atoms with van der Waals surface area (Å²) >= 11 is 0. The van der Waals surface area contributed by atoms with Gasteiger partial charge in [-0.25, -0.2) is 0 Å². The molecule has 0 fully saturated rings. The van der Waals surface area contributed by atoms with Crippen LogP contribution in [0.1, 0.15) is 25.8 Å². The second kappa shape index (κ2) is 11.3. The molecule has 1 N–H and O–H groups in total. The second-order valence-corrected chi connectivity index (χ2v) is 7.51. The van der Waals surface area contributed by atoms with Crippen LogP contribution in [0.25, 0.3) is 10.8 Å². The molecule has 0 radical (unpaired) electrons. The minimum absolute atomic E-state index is 0.0357. The molecule has 0 heterocycles. The number of fused-ring (bicyclic) bond motifs is 1. The molecule has 0 spiro atoms. The van der Waals surface area contributed by atoms with Gasteiger partial charge in [0, 0.05) is 10.9 Å². The number of hydrogen-bond acceptors (Lipinski definition) is 3. The molecular weight excluding hydrogens is 358 g/mol. The van der Waals surface area contributed by atoms with Crippen molar-refractivity contribution in [3.05, 3.63) is 85.5 Å². The van der Waals surface area contributed by atoms with E-state index in [1.807, 2.05) is 24.3 Å². The standard InChI is InChI=1S/C24H29NO2.C2H4/c1-24(2,18-19-12-14-21(26-3)15-13-19)25-16-7-17-27-23-11-6-9-20-8-4-5-10-22(20)23;1-2/h4-6,8-15,25H,7,16-18H2,1-3H3;1-2H2. The molecular formula is C26H33NO2. The van der Waals surface area contributed by atoms with Gasteiger partial charge >= 0.3 is 0 Å². The minimum atomic E-state index is 0.0357. The van der Waals surface area contributed by atoms with Crippen molar-refractivity contribution < 1.29 is 9.47 Å². The molecule has 0 aliphatic rings. The van der Waals surface area contributed by atoms with Crippen LogP contribution < -0.4 is 14.8 Å². The Morgan fingerprint density at radius 2 is 1.59 bits per heavy atom. The lowest BCUT2D eigenvalue weighted by Crippen LogP contribution is -2.42. The van der Waals surface area contributed by atoms with Crippen LogP contribution in [0.2, 0.25) is 0 Å². The van der Waals surface area contributed by atoms with Crippen LogP contribution >= 0.6 is 0 Å². The molecule has 3 nitrogen and oxygen atoms in total. The third-order valence-corrected chi connectivity index (χ3v) is 4.74. The zero-order chi connectivity index (χ0) is 21.1. The van der Waals surface area contributed by atoms with Crippen LogP contribution in [-0.4, -0.2) is 25.8 Å². The van der Waals surface area contributed by atoms with Crippen LogP contribution in [0.15, 0.2) is 79.9 Å². The van der Waals surface area contributed by atoms with Gasteiger partial charge in [0.1, 0.15) is 11.5 Å². The van der Waals surface area contributed by atoms with E-state index in [0.717, 1.165) is 30.9 Å². The Kier molecular flexibility index (Phi) is 8.75. The molecule has 3 aromatic rings. The maximum Gasteiger partial charge on any atom is 0.127 e. The maximum atomic E-state index is 6.02. The molecule has 0 amide bonds. The number of rotatable bonds is 9. The van der Waals surface area contributed by atoms with Gasteiger partial charge in [-0.15, -0.1) is 13.2 Å². The Labute approximate surface area is 175 Å². The third-order valence-electron chi connectivity index (χ3n) is 4.74. The highest BCUT2D eigenvalue weighted by Crippen LogP contribution is 2.25. The van der Waals surface area contributed by atoms with Crippen molar-refractivity contribution in [3.8, 4) is 11.5 Å². The van der Waals surface area contributed by atoms with Crippen molar-refractivity contribution in [1.29, 1.82) is 0 Å². The zero-order valence-corrected chi connectivity index (χ0v) is 17.9. The lowest BCUT2D eigenvalue weighted by atomic mass is 9.95. The lowest BCUT2D eigenvalue weighted by Gasteiger charge is -2.26. The van der Waals surface area contributed by atoms with Crippen molar-refractivity contribution in [1.82, 2.24) is 5.32 Å². The van der Waals surface area contributed by atoms with Crippen molar-refractivity contribution in [2.75, 3.05) is 20.3 Å². The average molecular weight is 392 g/mol. The first-order chi connectivity index (χ1) is 14.1. The molecule has 0 saturated carbocycles. The molecule has 29 heavy (non-hydrogen) atoms. The highest BCUT2D eigenvalue weighted by Gasteiger charge is 2.17. The Hall–Kier alpha value is -2.78. The molecule has 0 bridgehead atoms. The van der Waals surface area contributed by atoms with Crippen molar-refractivity contribution >= 4 is 10.8 Å². The van der Waals surface area contributed by atoms with Crippen LogP contribution in [0, 0.1) is 0 Å². The number of methoxy groups -OCH3 is 1. The zero-order valence-electron chi connectivity index (χ0n) is 17.9. The van der Waals surface area contributed by atoms with E-state index in [-0.39, 0.29) is 5.54 Å². The summed E-state index contributed by atoms with van der Waals surface area (Å²) in [4.78, 5) is 0. The van der Waals surface area contributed by atoms with E-state index in [9.17, 15) is 0 Å². The Bertz CT molecular complexity index is 866. The van der Waals surface area contributed by atoms with Gasteiger partial charge in [-0.3, -0.25) is 0 Å². The van der Waals surface area contributed by atoms with E-state index < -0.39 is 0 Å². The second-order valence-electron chi connectivity index (χ2n) is 7.51. The topological polar surface area (TPSA) is 30.5 Å². The van der Waals surface area contributed by atoms with Crippen LogP contribution in [-0.2, 0) is 6.42 Å². The molecule has 0 unspecified atom stereocenters. The normalized spacial score (nSPS) is 10.9. The summed E-state index contributed by atoms with van der Waals surface area (Å²) in [5, 5.41) is 6.04. The molecule has 0 saturated heterocycles. The smallest absolute Gasteiger partial charge is 0.127 e. The average Bonchev–Trinajstić information content (AvgIpc) is 2.75. The summed E-state index contributed by atoms with van der Waals surface area (Å²) in [5.74, 6) is 1.86. The summed E-state index contributed by atoms with van der Waals surface area (Å²) < 4.78 is 11.2. The van der Waals surface area contributed by atoms with Gasteiger partial charge in [0.05, 0.1) is 13.7 Å². The maximum absolute atomic E-state index is 6.02. The molecule has 3 rings (SSSR count). The number of hydrogen-bond donors (Lipinski definition) is 1. The molecule has 0 aromatic heterocycles. The molecule has 0 aliphatic heterocycles. The van der Waals surface area contributed by atoms with E-state index in [0.29, 0.717) is 6.61 Å². The molecule has 154 valence electrons. The van der Waals surface area contributed by atoms with E-state index >= 15 is 0 Å². The van der Waals surface area contributed by atoms with Crippen LogP contribution in [0.3, 0.4) is 0 Å². The number of ether oxygens (including phenoxy) is 2. The number of nitrogens with one attached hydrogen (secondary N) is 1. The highest BCUT2D eigenvalue weighted by atomic mass is 16.5. The number of benzene rings is 3. The van der Waals surface area contributed by atoms with E-state index in [4.69, 9.17) is 9.47 Å². The predicted molar refractivity (Wildman–Crippen MR) is 124 cm³/mol. The van der Waals surface area contributed by atoms with Crippen molar-refractivity contribution in [2.24, 2.45) is 0 Å². The van der Waals surface area contributed by atoms with Crippen LogP contribution in [0.4, 0.5) is 0 Å². The fourth-order valence-corrected chi connectivity index (χ4v) is 3.32. The SMILES string of the molecule is C=C.COc1ccc(CC(C)(C)NCCCOc2cccc3ccccc23)cc1. The first-order valence-corrected chi connectivity index (χ1v) is 10.1. The summed E-state index contributed by atoms with van der Waals surface area (Å²) in [7, 11) is 1.70. The summed E-state index contributed by atoms with van der Waals surface area (Å²) in [6.07, 6.45) is 1.94. The Balaban J connectivity index is 0.00000145. The monoisotopic (exact) mass is 391 g/mol. The largest absolute Gasteiger partial charge is 0.497 e. The predicted octanol–water partition coefficient (Wildman–Crippen LogP) is 6.03. The summed E-state index contributed by atoms with van der Waals surface area (Å²) in [6.45, 7) is 12.1. The lowest BCUT2D eigenvalue weighted by molar-refractivity contribution is 0.296. The van der Waals surface area contributed by atoms with Gasteiger partial charge in [-0.2, -0.15) is 0 Å². The van der Waals surface area contributed by atoms with Gasteiger partial charge in [-0.1, -0.05) is 48.5 Å². The first-order valence-electron chi connectivity index (χ1n) is 10.1. The fourth-order valence-electron chi connectivity index (χ4n) is 3.32. The Morgan fingerprint density at radius 1 is 0.897 bits per heavy atom. The van der Waals surface area contributed by atoms with Gasteiger partial charge in [0.25, 0.3) is 0 Å². The van der Waals surface area contributed by atoms with Crippen molar-refractivity contribution in [3.63, 3.8) is 0 Å². The van der Waals surface area contributed by atoms with Crippen LogP contribution in [0.5, 0.6) is 11.5 Å². The Morgan fingerprint density at radius 3 is 2.31 bits per heavy atom. The summed E-state index contributed by atoms with van der Waals surface area (Å²) in [6, 6.07) is 22.8. The third kappa shape index (κ3) is 6.95. The summed E-state index contributed by atoms with van der Waals surface area (Å²) in [5.41, 5.74) is 1.34. The first kappa shape index (κ1) is 22.5. The highest BCUT2D eigenvalue weighted by molar-refractivity contribution is 5.88. The van der Waals surface area contributed by atoms with E-state index in [1.165, 1.54) is 16.3 Å². The molecule has 0 aliphatic carbocycles. The van der Waals surface area contributed by atoms with E-state index in [2.05, 4.69) is 74.8 Å². The minimum Gasteiger partial charge on any atom is -0.497 e. The van der Waals surface area contributed by atoms with Crippen molar-refractivity contribution in [2.45, 2.75) is 32.2 Å². The van der Waals surface area contributed by atoms with Gasteiger partial charge in [0.15, 0.2) is 0 Å². The van der Waals surface area contributed by atoms with E-state index in [1.54, 1.807) is 7.11 Å². The fraction of sp³-hybridized carbons (Fsp3) is 0.308. The van der Waals surface area contributed by atoms with Gasteiger partial charge in [0.2, 0.25) is 0 Å². The molecule has 3 aromatic carbocycles. The molecule has 3 heteroatoms.